The van der Waals surface area contributed by atoms with Crippen molar-refractivity contribution in [2.75, 3.05) is 18.0 Å². The van der Waals surface area contributed by atoms with Crippen molar-refractivity contribution in [3.8, 4) is 0 Å². The lowest BCUT2D eigenvalue weighted by Crippen LogP contribution is -2.28. The lowest BCUT2D eigenvalue weighted by atomic mass is 10.2. The number of anilines is 1. The van der Waals surface area contributed by atoms with Crippen LogP contribution in [0.5, 0.6) is 0 Å². The molecule has 1 aliphatic heterocycles. The second kappa shape index (κ2) is 3.46. The second-order valence-corrected chi connectivity index (χ2v) is 3.64. The number of carbonyl (C=O) groups is 1. The Bertz CT molecular complexity index is 381. The molecule has 5 heteroatoms. The molecule has 0 bridgehead atoms. The van der Waals surface area contributed by atoms with E-state index < -0.39 is 5.97 Å². The number of carboxylic acid groups (broad SMARTS) is 1. The molecule has 0 aromatic carbocycles. The van der Waals surface area contributed by atoms with Crippen LogP contribution < -0.4 is 4.90 Å². The zero-order valence-electron chi connectivity index (χ0n) is 7.40. The Morgan fingerprint density at radius 1 is 1.71 bits per heavy atom. The molecule has 0 saturated carbocycles. The summed E-state index contributed by atoms with van der Waals surface area (Å²) in [7, 11) is 0. The highest BCUT2D eigenvalue weighted by Gasteiger charge is 2.22. The smallest absolute Gasteiger partial charge is 0.323 e. The van der Waals surface area contributed by atoms with Crippen LogP contribution in [0.3, 0.4) is 0 Å². The first kappa shape index (κ1) is 9.27. The summed E-state index contributed by atoms with van der Waals surface area (Å²) in [5.41, 5.74) is 1.03. The van der Waals surface area contributed by atoms with Crippen molar-refractivity contribution in [3.05, 3.63) is 22.8 Å². The average Bonchev–Trinajstić information content (AvgIpc) is 2.47. The van der Waals surface area contributed by atoms with Crippen LogP contribution in [0.2, 0.25) is 5.02 Å². The number of hydrogen-bond donors (Lipinski definition) is 1. The van der Waals surface area contributed by atoms with Crippen molar-refractivity contribution in [1.29, 1.82) is 0 Å². The molecule has 0 unspecified atom stereocenters. The van der Waals surface area contributed by atoms with Gasteiger partial charge in [-0.1, -0.05) is 11.6 Å². The maximum absolute atomic E-state index is 10.5. The summed E-state index contributed by atoms with van der Waals surface area (Å²) in [6, 6.07) is 1.84. The average molecular weight is 213 g/mol. The van der Waals surface area contributed by atoms with Crippen LogP contribution in [0, 0.1) is 0 Å². The first-order valence-electron chi connectivity index (χ1n) is 4.28. The van der Waals surface area contributed by atoms with Crippen molar-refractivity contribution in [1.82, 2.24) is 4.98 Å². The number of aromatic nitrogens is 1. The maximum Gasteiger partial charge on any atom is 0.323 e. The molecule has 0 fully saturated rings. The van der Waals surface area contributed by atoms with E-state index in [4.69, 9.17) is 16.7 Å². The summed E-state index contributed by atoms with van der Waals surface area (Å²) in [6.07, 6.45) is 2.36. The minimum Gasteiger partial charge on any atom is -0.480 e. The van der Waals surface area contributed by atoms with Gasteiger partial charge in [-0.15, -0.1) is 0 Å². The van der Waals surface area contributed by atoms with Gasteiger partial charge in [-0.05, 0) is 18.1 Å². The highest BCUT2D eigenvalue weighted by molar-refractivity contribution is 6.30. The molecule has 74 valence electrons. The molecule has 4 nitrogen and oxygen atoms in total. The van der Waals surface area contributed by atoms with Crippen LogP contribution >= 0.6 is 11.6 Å². The molecular weight excluding hydrogens is 204 g/mol. The minimum atomic E-state index is -0.838. The Kier molecular flexibility index (Phi) is 2.29. The number of pyridine rings is 1. The van der Waals surface area contributed by atoms with Gasteiger partial charge >= 0.3 is 5.97 Å². The third-order valence-electron chi connectivity index (χ3n) is 2.19. The van der Waals surface area contributed by atoms with Crippen molar-refractivity contribution < 1.29 is 9.90 Å². The Labute approximate surface area is 86.1 Å². The summed E-state index contributed by atoms with van der Waals surface area (Å²) in [5, 5.41) is 9.26. The van der Waals surface area contributed by atoms with Gasteiger partial charge in [-0.3, -0.25) is 4.79 Å². The number of rotatable bonds is 2. The van der Waals surface area contributed by atoms with Gasteiger partial charge in [0.15, 0.2) is 0 Å². The fourth-order valence-corrected chi connectivity index (χ4v) is 1.80. The molecule has 1 aromatic rings. The standard InChI is InChI=1S/C9H9ClN2O2/c10-7-3-6-1-2-12(5-8(13)14)9(6)11-4-7/h3-4H,1-2,5H2,(H,13,14). The molecule has 0 aliphatic carbocycles. The monoisotopic (exact) mass is 212 g/mol. The zero-order chi connectivity index (χ0) is 10.1. The number of fused-ring (bicyclic) bond motifs is 1. The number of nitrogens with zero attached hydrogens (tertiary/aromatic N) is 2. The van der Waals surface area contributed by atoms with E-state index in [1.54, 1.807) is 11.1 Å². The van der Waals surface area contributed by atoms with E-state index in [1.807, 2.05) is 6.07 Å². The molecule has 0 radical (unpaired) electrons. The highest BCUT2D eigenvalue weighted by atomic mass is 35.5. The molecule has 1 N–H and O–H groups in total. The predicted molar refractivity (Wildman–Crippen MR) is 52.8 cm³/mol. The lowest BCUT2D eigenvalue weighted by molar-refractivity contribution is -0.135. The summed E-state index contributed by atoms with van der Waals surface area (Å²) >= 11 is 5.78. The van der Waals surface area contributed by atoms with Crippen LogP contribution in [-0.2, 0) is 11.2 Å². The van der Waals surface area contributed by atoms with Gasteiger partial charge in [0.05, 0.1) is 5.02 Å². The summed E-state index contributed by atoms with van der Waals surface area (Å²) in [4.78, 5) is 16.4. The summed E-state index contributed by atoms with van der Waals surface area (Å²) in [5.74, 6) is -0.0913. The molecule has 2 rings (SSSR count). The summed E-state index contributed by atoms with van der Waals surface area (Å²) < 4.78 is 0. The van der Waals surface area contributed by atoms with Crippen LogP contribution in [0.4, 0.5) is 5.82 Å². The molecule has 0 atom stereocenters. The Hall–Kier alpha value is -1.29. The molecule has 2 heterocycles. The van der Waals surface area contributed by atoms with E-state index in [9.17, 15) is 4.79 Å². The van der Waals surface area contributed by atoms with E-state index in [0.717, 1.165) is 17.8 Å². The number of carboxylic acids is 1. The number of hydrogen-bond acceptors (Lipinski definition) is 3. The molecule has 1 aliphatic rings. The van der Waals surface area contributed by atoms with E-state index in [-0.39, 0.29) is 6.54 Å². The molecule has 0 amide bonds. The fourth-order valence-electron chi connectivity index (χ4n) is 1.62. The SMILES string of the molecule is O=C(O)CN1CCc2cc(Cl)cnc21. The topological polar surface area (TPSA) is 53.4 Å². The number of aliphatic carboxylic acids is 1. The van der Waals surface area contributed by atoms with Gasteiger partial charge in [0, 0.05) is 12.7 Å². The van der Waals surface area contributed by atoms with Gasteiger partial charge in [-0.2, -0.15) is 0 Å². The molecule has 0 saturated heterocycles. The third kappa shape index (κ3) is 1.65. The van der Waals surface area contributed by atoms with Crippen LogP contribution in [0.1, 0.15) is 5.56 Å². The molecule has 14 heavy (non-hydrogen) atoms. The Morgan fingerprint density at radius 3 is 3.21 bits per heavy atom. The van der Waals surface area contributed by atoms with E-state index in [1.165, 1.54) is 0 Å². The second-order valence-electron chi connectivity index (χ2n) is 3.20. The number of halogens is 1. The van der Waals surface area contributed by atoms with Crippen molar-refractivity contribution in [2.45, 2.75) is 6.42 Å². The van der Waals surface area contributed by atoms with Gasteiger partial charge in [0.25, 0.3) is 0 Å². The molecule has 0 spiro atoms. The largest absolute Gasteiger partial charge is 0.480 e. The lowest BCUT2D eigenvalue weighted by Gasteiger charge is -2.14. The molecular formula is C9H9ClN2O2. The summed E-state index contributed by atoms with van der Waals surface area (Å²) in [6.45, 7) is 0.705. The Balaban J connectivity index is 2.26. The van der Waals surface area contributed by atoms with Gasteiger partial charge < -0.3 is 10.0 Å². The van der Waals surface area contributed by atoms with E-state index >= 15 is 0 Å². The predicted octanol–water partition coefficient (Wildman–Crippen LogP) is 1.18. The first-order chi connectivity index (χ1) is 6.66. The van der Waals surface area contributed by atoms with Crippen LogP contribution in [0.25, 0.3) is 0 Å². The quantitative estimate of drug-likeness (QED) is 0.800. The van der Waals surface area contributed by atoms with Gasteiger partial charge in [0.2, 0.25) is 0 Å². The molecule has 1 aromatic heterocycles. The highest BCUT2D eigenvalue weighted by Crippen LogP contribution is 2.27. The van der Waals surface area contributed by atoms with Crippen molar-refractivity contribution >= 4 is 23.4 Å². The normalized spacial score (nSPS) is 14.2. The zero-order valence-corrected chi connectivity index (χ0v) is 8.16. The van der Waals surface area contributed by atoms with Crippen molar-refractivity contribution in [3.63, 3.8) is 0 Å². The third-order valence-corrected chi connectivity index (χ3v) is 2.39. The van der Waals surface area contributed by atoms with Crippen molar-refractivity contribution in [2.24, 2.45) is 0 Å². The first-order valence-corrected chi connectivity index (χ1v) is 4.66. The van der Waals surface area contributed by atoms with Crippen LogP contribution in [-0.4, -0.2) is 29.1 Å². The minimum absolute atomic E-state index is 0.00162. The maximum atomic E-state index is 10.5. The Morgan fingerprint density at radius 2 is 2.50 bits per heavy atom. The van der Waals surface area contributed by atoms with E-state index in [0.29, 0.717) is 11.6 Å². The fraction of sp³-hybridized carbons (Fsp3) is 0.333. The van der Waals surface area contributed by atoms with Gasteiger partial charge in [0.1, 0.15) is 12.4 Å². The van der Waals surface area contributed by atoms with E-state index in [2.05, 4.69) is 4.98 Å². The van der Waals surface area contributed by atoms with Gasteiger partial charge in [-0.25, -0.2) is 4.98 Å². The van der Waals surface area contributed by atoms with Crippen LogP contribution in [0.15, 0.2) is 12.3 Å².